The molecule has 3 nitrogen and oxygen atoms in total. The first-order chi connectivity index (χ1) is 4.33. The molecule has 0 amide bonds. The van der Waals surface area contributed by atoms with Crippen molar-refractivity contribution in [3.05, 3.63) is 0 Å². The van der Waals surface area contributed by atoms with Crippen molar-refractivity contribution in [2.45, 2.75) is 18.9 Å². The number of nitrogens with one attached hydrogen (secondary N) is 1. The number of likely N-dealkylation sites (tertiary alicyclic amines) is 1. The molecule has 0 radical (unpaired) electrons. The monoisotopic (exact) mass is 201 g/mol. The van der Waals surface area contributed by atoms with Gasteiger partial charge in [-0.1, -0.05) is 0 Å². The first-order valence-corrected chi connectivity index (χ1v) is 3.47. The highest BCUT2D eigenvalue weighted by molar-refractivity contribution is 5.85. The summed E-state index contributed by atoms with van der Waals surface area (Å²) in [5.41, 5.74) is 2.79. The molecule has 3 N–H and O–H groups in total. The summed E-state index contributed by atoms with van der Waals surface area (Å²) >= 11 is 0. The Hall–Kier alpha value is 0.460. The number of hydrogen-bond acceptors (Lipinski definition) is 3. The van der Waals surface area contributed by atoms with Gasteiger partial charge in [0, 0.05) is 12.6 Å². The van der Waals surface area contributed by atoms with Gasteiger partial charge < -0.3 is 4.90 Å². The molecular formula is C6H17Cl2N3. The first-order valence-electron chi connectivity index (χ1n) is 3.47. The maximum Gasteiger partial charge on any atom is 0.0338 e. The minimum Gasteiger partial charge on any atom is -0.305 e. The maximum atomic E-state index is 5.29. The van der Waals surface area contributed by atoms with Crippen LogP contribution in [-0.4, -0.2) is 31.1 Å². The van der Waals surface area contributed by atoms with Crippen LogP contribution in [0, 0.1) is 0 Å². The van der Waals surface area contributed by atoms with E-state index in [0.29, 0.717) is 6.04 Å². The number of halogens is 2. The van der Waals surface area contributed by atoms with Crippen molar-refractivity contribution in [2.75, 3.05) is 20.1 Å². The van der Waals surface area contributed by atoms with Gasteiger partial charge in [-0.3, -0.25) is 11.3 Å². The fourth-order valence-electron chi connectivity index (χ4n) is 1.30. The predicted molar refractivity (Wildman–Crippen MR) is 52.3 cm³/mol. The first kappa shape index (κ1) is 14.0. The standard InChI is InChI=1S/C6H15N3.2ClH/c1-9-4-2-3-6(5-9)8-7;;/h6,8H,2-5,7H2,1H3;2*1H. The van der Waals surface area contributed by atoms with Crippen molar-refractivity contribution < 1.29 is 0 Å². The topological polar surface area (TPSA) is 41.3 Å². The van der Waals surface area contributed by atoms with Gasteiger partial charge in [-0.25, -0.2) is 0 Å². The van der Waals surface area contributed by atoms with Crippen LogP contribution in [0.5, 0.6) is 0 Å². The van der Waals surface area contributed by atoms with E-state index >= 15 is 0 Å². The lowest BCUT2D eigenvalue weighted by Gasteiger charge is -2.28. The molecule has 0 aromatic carbocycles. The van der Waals surface area contributed by atoms with E-state index in [9.17, 15) is 0 Å². The molecule has 0 aromatic rings. The lowest BCUT2D eigenvalue weighted by molar-refractivity contribution is 0.228. The molecule has 1 rings (SSSR count). The number of nitrogens with zero attached hydrogens (tertiary/aromatic N) is 1. The molecule has 0 saturated carbocycles. The SMILES string of the molecule is CN1CCCC(NN)C1.Cl.Cl. The zero-order chi connectivity index (χ0) is 6.69. The van der Waals surface area contributed by atoms with Gasteiger partial charge >= 0.3 is 0 Å². The summed E-state index contributed by atoms with van der Waals surface area (Å²) in [6.45, 7) is 2.31. The molecule has 1 aliphatic rings. The highest BCUT2D eigenvalue weighted by Crippen LogP contribution is 2.05. The molecule has 0 spiro atoms. The summed E-state index contributed by atoms with van der Waals surface area (Å²) in [4.78, 5) is 2.30. The van der Waals surface area contributed by atoms with Crippen LogP contribution in [0.15, 0.2) is 0 Å². The normalized spacial score (nSPS) is 25.1. The zero-order valence-corrected chi connectivity index (χ0v) is 8.38. The summed E-state index contributed by atoms with van der Waals surface area (Å²) in [6, 6.07) is 0.517. The van der Waals surface area contributed by atoms with Crippen LogP contribution in [0.3, 0.4) is 0 Å². The lowest BCUT2D eigenvalue weighted by Crippen LogP contribution is -2.46. The molecular weight excluding hydrogens is 185 g/mol. The van der Waals surface area contributed by atoms with E-state index in [-0.39, 0.29) is 24.8 Å². The van der Waals surface area contributed by atoms with E-state index in [1.807, 2.05) is 0 Å². The Morgan fingerprint density at radius 1 is 1.45 bits per heavy atom. The van der Waals surface area contributed by atoms with Gasteiger partial charge in [0.15, 0.2) is 0 Å². The van der Waals surface area contributed by atoms with Crippen molar-refractivity contribution in [3.8, 4) is 0 Å². The van der Waals surface area contributed by atoms with Gasteiger partial charge in [0.05, 0.1) is 0 Å². The van der Waals surface area contributed by atoms with E-state index in [2.05, 4.69) is 17.4 Å². The molecule has 1 unspecified atom stereocenters. The Labute approximate surface area is 80.5 Å². The van der Waals surface area contributed by atoms with Gasteiger partial charge in [0.2, 0.25) is 0 Å². The quantitative estimate of drug-likeness (QED) is 0.477. The highest BCUT2D eigenvalue weighted by Gasteiger charge is 2.14. The van der Waals surface area contributed by atoms with Gasteiger partial charge in [-0.05, 0) is 26.4 Å². The number of hydrogen-bond donors (Lipinski definition) is 2. The molecule has 0 bridgehead atoms. The summed E-state index contributed by atoms with van der Waals surface area (Å²) in [5, 5.41) is 0. The fraction of sp³-hybridized carbons (Fsp3) is 1.00. The van der Waals surface area contributed by atoms with Crippen LogP contribution >= 0.6 is 24.8 Å². The van der Waals surface area contributed by atoms with E-state index in [4.69, 9.17) is 5.84 Å². The largest absolute Gasteiger partial charge is 0.305 e. The Morgan fingerprint density at radius 2 is 2.09 bits per heavy atom. The van der Waals surface area contributed by atoms with Crippen molar-refractivity contribution in [3.63, 3.8) is 0 Å². The molecule has 0 aromatic heterocycles. The lowest BCUT2D eigenvalue weighted by atomic mass is 10.1. The maximum absolute atomic E-state index is 5.29. The van der Waals surface area contributed by atoms with E-state index < -0.39 is 0 Å². The van der Waals surface area contributed by atoms with Gasteiger partial charge in [0.25, 0.3) is 0 Å². The van der Waals surface area contributed by atoms with Crippen molar-refractivity contribution in [1.82, 2.24) is 10.3 Å². The van der Waals surface area contributed by atoms with Crippen molar-refractivity contribution in [2.24, 2.45) is 5.84 Å². The summed E-state index contributed by atoms with van der Waals surface area (Å²) in [6.07, 6.45) is 2.49. The number of rotatable bonds is 1. The predicted octanol–water partition coefficient (Wildman–Crippen LogP) is 0.388. The molecule has 1 atom stereocenters. The number of hydrazine groups is 1. The minimum atomic E-state index is 0. The minimum absolute atomic E-state index is 0. The average molecular weight is 202 g/mol. The van der Waals surface area contributed by atoms with Crippen molar-refractivity contribution >= 4 is 24.8 Å². The zero-order valence-electron chi connectivity index (χ0n) is 6.75. The van der Waals surface area contributed by atoms with E-state index in [1.54, 1.807) is 0 Å². The van der Waals surface area contributed by atoms with Gasteiger partial charge in [-0.15, -0.1) is 24.8 Å². The third kappa shape index (κ3) is 4.82. The summed E-state index contributed by atoms with van der Waals surface area (Å²) in [7, 11) is 2.13. The van der Waals surface area contributed by atoms with Crippen molar-refractivity contribution in [1.29, 1.82) is 0 Å². The number of piperidine rings is 1. The number of nitrogens with two attached hydrogens (primary N) is 1. The Balaban J connectivity index is 0. The average Bonchev–Trinajstić information content (AvgIpc) is 1.88. The summed E-state index contributed by atoms with van der Waals surface area (Å²) in [5.74, 6) is 5.29. The Morgan fingerprint density at radius 3 is 2.45 bits per heavy atom. The van der Waals surface area contributed by atoms with Gasteiger partial charge in [-0.2, -0.15) is 0 Å². The van der Waals surface area contributed by atoms with Crippen LogP contribution in [0.25, 0.3) is 0 Å². The number of likely N-dealkylation sites (N-methyl/N-ethyl adjacent to an activating group) is 1. The van der Waals surface area contributed by atoms with Gasteiger partial charge in [0.1, 0.15) is 0 Å². The van der Waals surface area contributed by atoms with E-state index in [0.717, 1.165) is 6.54 Å². The fourth-order valence-corrected chi connectivity index (χ4v) is 1.30. The summed E-state index contributed by atoms with van der Waals surface area (Å²) < 4.78 is 0. The Kier molecular flexibility index (Phi) is 9.08. The molecule has 5 heteroatoms. The highest BCUT2D eigenvalue weighted by atomic mass is 35.5. The molecule has 0 aliphatic carbocycles. The third-order valence-corrected chi connectivity index (χ3v) is 1.86. The smallest absolute Gasteiger partial charge is 0.0338 e. The van der Waals surface area contributed by atoms with Crippen LogP contribution in [0.2, 0.25) is 0 Å². The molecule has 1 aliphatic heterocycles. The molecule has 11 heavy (non-hydrogen) atoms. The second-order valence-electron chi connectivity index (χ2n) is 2.77. The second-order valence-corrected chi connectivity index (χ2v) is 2.77. The molecule has 1 saturated heterocycles. The van der Waals surface area contributed by atoms with Crippen LogP contribution < -0.4 is 11.3 Å². The van der Waals surface area contributed by atoms with Crippen LogP contribution in [0.1, 0.15) is 12.8 Å². The third-order valence-electron chi connectivity index (χ3n) is 1.86. The van der Waals surface area contributed by atoms with Crippen LogP contribution in [-0.2, 0) is 0 Å². The van der Waals surface area contributed by atoms with Crippen LogP contribution in [0.4, 0.5) is 0 Å². The Bertz CT molecular complexity index is 91.9. The molecule has 70 valence electrons. The van der Waals surface area contributed by atoms with E-state index in [1.165, 1.54) is 19.4 Å². The molecule has 1 fully saturated rings. The molecule has 1 heterocycles. The second kappa shape index (κ2) is 7.13.